The van der Waals surface area contributed by atoms with Gasteiger partial charge in [0.15, 0.2) is 0 Å². The summed E-state index contributed by atoms with van der Waals surface area (Å²) in [7, 11) is 0. The predicted octanol–water partition coefficient (Wildman–Crippen LogP) is 5.29. The molecule has 1 fully saturated rings. The first kappa shape index (κ1) is 13.7. The number of aromatic nitrogens is 1. The molecular weight excluding hydrogens is 268 g/mol. The van der Waals surface area contributed by atoms with Gasteiger partial charge in [0.2, 0.25) is 0 Å². The minimum Gasteiger partial charge on any atom is -0.385 e. The maximum Gasteiger partial charge on any atom is 0.0914 e. The molecular formula is C17H21ClN2. The van der Waals surface area contributed by atoms with Crippen LogP contribution in [0.15, 0.2) is 18.2 Å². The number of rotatable bonds is 3. The van der Waals surface area contributed by atoms with Crippen molar-refractivity contribution in [2.24, 2.45) is 0 Å². The normalized spacial score (nSPS) is 15.9. The third kappa shape index (κ3) is 2.37. The van der Waals surface area contributed by atoms with Gasteiger partial charge in [-0.2, -0.15) is 0 Å². The van der Waals surface area contributed by atoms with Crippen LogP contribution in [0, 0.1) is 6.92 Å². The summed E-state index contributed by atoms with van der Waals surface area (Å²) >= 11 is 6.39. The maximum absolute atomic E-state index is 6.39. The summed E-state index contributed by atoms with van der Waals surface area (Å²) in [6, 6.07) is 6.27. The molecule has 0 saturated heterocycles. The van der Waals surface area contributed by atoms with Crippen molar-refractivity contribution in [2.45, 2.75) is 45.4 Å². The van der Waals surface area contributed by atoms with Gasteiger partial charge in [-0.1, -0.05) is 30.5 Å². The molecule has 1 heterocycles. The number of fused-ring (bicyclic) bond motifs is 1. The van der Waals surface area contributed by atoms with Gasteiger partial charge in [0.25, 0.3) is 0 Å². The van der Waals surface area contributed by atoms with Crippen molar-refractivity contribution >= 4 is 28.2 Å². The van der Waals surface area contributed by atoms with Crippen molar-refractivity contribution in [1.29, 1.82) is 0 Å². The van der Waals surface area contributed by atoms with Crippen molar-refractivity contribution in [3.8, 4) is 0 Å². The number of aryl methyl sites for hydroxylation is 1. The van der Waals surface area contributed by atoms with Gasteiger partial charge in [-0.05, 0) is 44.4 Å². The fourth-order valence-corrected chi connectivity index (χ4v) is 3.46. The van der Waals surface area contributed by atoms with E-state index in [1.165, 1.54) is 48.0 Å². The molecule has 2 nitrogen and oxygen atoms in total. The lowest BCUT2D eigenvalue weighted by molar-refractivity contribution is 0.701. The van der Waals surface area contributed by atoms with E-state index < -0.39 is 0 Å². The van der Waals surface area contributed by atoms with Crippen LogP contribution in [0.25, 0.3) is 10.9 Å². The monoisotopic (exact) mass is 288 g/mol. The number of benzene rings is 1. The highest BCUT2D eigenvalue weighted by Crippen LogP contribution is 2.38. The van der Waals surface area contributed by atoms with Crippen LogP contribution < -0.4 is 5.32 Å². The van der Waals surface area contributed by atoms with E-state index in [0.717, 1.165) is 17.1 Å². The number of halogens is 1. The largest absolute Gasteiger partial charge is 0.385 e. The molecule has 0 bridgehead atoms. The SMILES string of the molecule is CCNc1cc(C2CCCC2)nc2c(Cl)ccc(C)c12. The van der Waals surface area contributed by atoms with E-state index in [9.17, 15) is 0 Å². The lowest BCUT2D eigenvalue weighted by atomic mass is 9.99. The predicted molar refractivity (Wildman–Crippen MR) is 86.9 cm³/mol. The highest BCUT2D eigenvalue weighted by atomic mass is 35.5. The Morgan fingerprint density at radius 1 is 1.30 bits per heavy atom. The van der Waals surface area contributed by atoms with Crippen molar-refractivity contribution in [3.63, 3.8) is 0 Å². The second kappa shape index (κ2) is 5.61. The van der Waals surface area contributed by atoms with Crippen LogP contribution in [0.2, 0.25) is 5.02 Å². The Kier molecular flexibility index (Phi) is 3.84. The molecule has 1 aromatic carbocycles. The Bertz CT molecular complexity index is 630. The van der Waals surface area contributed by atoms with Crippen LogP contribution in [-0.4, -0.2) is 11.5 Å². The molecule has 1 aliphatic carbocycles. The molecule has 0 unspecified atom stereocenters. The summed E-state index contributed by atoms with van der Waals surface area (Å²) in [5, 5.41) is 5.41. The molecule has 106 valence electrons. The molecule has 3 heteroatoms. The minimum absolute atomic E-state index is 0.605. The fourth-order valence-electron chi connectivity index (χ4n) is 3.26. The summed E-state index contributed by atoms with van der Waals surface area (Å²) < 4.78 is 0. The van der Waals surface area contributed by atoms with Gasteiger partial charge in [0.1, 0.15) is 0 Å². The van der Waals surface area contributed by atoms with Crippen molar-refractivity contribution in [2.75, 3.05) is 11.9 Å². The van der Waals surface area contributed by atoms with Crippen molar-refractivity contribution < 1.29 is 0 Å². The third-order valence-electron chi connectivity index (χ3n) is 4.28. The van der Waals surface area contributed by atoms with Gasteiger partial charge in [-0.25, -0.2) is 0 Å². The molecule has 3 rings (SSSR count). The molecule has 1 N–H and O–H groups in total. The summed E-state index contributed by atoms with van der Waals surface area (Å²) in [5.41, 5.74) is 4.57. The van der Waals surface area contributed by atoms with E-state index >= 15 is 0 Å². The Morgan fingerprint density at radius 3 is 2.75 bits per heavy atom. The summed E-state index contributed by atoms with van der Waals surface area (Å²) in [4.78, 5) is 4.89. The van der Waals surface area contributed by atoms with Gasteiger partial charge < -0.3 is 5.32 Å². The van der Waals surface area contributed by atoms with Crippen molar-refractivity contribution in [1.82, 2.24) is 4.98 Å². The summed E-state index contributed by atoms with van der Waals surface area (Å²) in [5.74, 6) is 0.605. The molecule has 0 spiro atoms. The maximum atomic E-state index is 6.39. The zero-order valence-corrected chi connectivity index (χ0v) is 12.9. The van der Waals surface area contributed by atoms with E-state index in [0.29, 0.717) is 5.92 Å². The minimum atomic E-state index is 0.605. The van der Waals surface area contributed by atoms with Crippen LogP contribution >= 0.6 is 11.6 Å². The second-order valence-corrected chi connectivity index (χ2v) is 6.10. The first-order valence-corrected chi connectivity index (χ1v) is 7.92. The van der Waals surface area contributed by atoms with E-state index in [4.69, 9.17) is 16.6 Å². The van der Waals surface area contributed by atoms with Crippen LogP contribution in [0.1, 0.15) is 49.8 Å². The second-order valence-electron chi connectivity index (χ2n) is 5.69. The average Bonchev–Trinajstić information content (AvgIpc) is 2.97. The number of nitrogens with zero attached hydrogens (tertiary/aromatic N) is 1. The number of anilines is 1. The molecule has 0 amide bonds. The van der Waals surface area contributed by atoms with E-state index in [1.54, 1.807) is 0 Å². The third-order valence-corrected chi connectivity index (χ3v) is 4.59. The Morgan fingerprint density at radius 2 is 2.05 bits per heavy atom. The molecule has 0 radical (unpaired) electrons. The number of hydrogen-bond acceptors (Lipinski definition) is 2. The van der Waals surface area contributed by atoms with E-state index in [1.807, 2.05) is 6.07 Å². The molecule has 20 heavy (non-hydrogen) atoms. The van der Waals surface area contributed by atoms with Crippen LogP contribution in [0.5, 0.6) is 0 Å². The first-order chi connectivity index (χ1) is 9.70. The topological polar surface area (TPSA) is 24.9 Å². The fraction of sp³-hybridized carbons (Fsp3) is 0.471. The van der Waals surface area contributed by atoms with Crippen LogP contribution in [0.3, 0.4) is 0 Å². The Labute approximate surface area is 125 Å². The van der Waals surface area contributed by atoms with Crippen LogP contribution in [0.4, 0.5) is 5.69 Å². The Balaban J connectivity index is 2.21. The van der Waals surface area contributed by atoms with Gasteiger partial charge in [0.05, 0.1) is 10.5 Å². The molecule has 2 aromatic rings. The number of hydrogen-bond donors (Lipinski definition) is 1. The summed E-state index contributed by atoms with van der Waals surface area (Å²) in [6.45, 7) is 5.16. The zero-order chi connectivity index (χ0) is 14.1. The lowest BCUT2D eigenvalue weighted by Crippen LogP contribution is -2.04. The summed E-state index contributed by atoms with van der Waals surface area (Å²) in [6.07, 6.45) is 5.16. The molecule has 1 aliphatic rings. The smallest absolute Gasteiger partial charge is 0.0914 e. The van der Waals surface area contributed by atoms with Crippen molar-refractivity contribution in [3.05, 3.63) is 34.5 Å². The average molecular weight is 289 g/mol. The molecule has 1 aromatic heterocycles. The van der Waals surface area contributed by atoms with Gasteiger partial charge in [-0.3, -0.25) is 4.98 Å². The quantitative estimate of drug-likeness (QED) is 0.830. The molecule has 1 saturated carbocycles. The van der Waals surface area contributed by atoms with E-state index in [-0.39, 0.29) is 0 Å². The Hall–Kier alpha value is -1.28. The standard InChI is InChI=1S/C17H21ClN2/c1-3-19-15-10-14(12-6-4-5-7-12)20-17-13(18)9-8-11(2)16(15)17/h8-10,12H,3-7H2,1-2H3,(H,19,20). The van der Waals surface area contributed by atoms with E-state index in [2.05, 4.69) is 31.3 Å². The molecule has 0 atom stereocenters. The number of pyridine rings is 1. The lowest BCUT2D eigenvalue weighted by Gasteiger charge is -2.16. The van der Waals surface area contributed by atoms with Gasteiger partial charge in [0, 0.05) is 29.2 Å². The highest BCUT2D eigenvalue weighted by Gasteiger charge is 2.20. The van der Waals surface area contributed by atoms with Gasteiger partial charge >= 0.3 is 0 Å². The zero-order valence-electron chi connectivity index (χ0n) is 12.2. The van der Waals surface area contributed by atoms with Crippen LogP contribution in [-0.2, 0) is 0 Å². The molecule has 0 aliphatic heterocycles. The number of nitrogens with one attached hydrogen (secondary N) is 1. The highest BCUT2D eigenvalue weighted by molar-refractivity contribution is 6.35. The first-order valence-electron chi connectivity index (χ1n) is 7.54. The van der Waals surface area contributed by atoms with Gasteiger partial charge in [-0.15, -0.1) is 0 Å².